The normalized spacial score (nSPS) is 12.2. The summed E-state index contributed by atoms with van der Waals surface area (Å²) in [5, 5.41) is 6.46. The highest BCUT2D eigenvalue weighted by Gasteiger charge is 2.20. The summed E-state index contributed by atoms with van der Waals surface area (Å²) in [7, 11) is 0. The minimum atomic E-state index is -0.259. The van der Waals surface area contributed by atoms with Gasteiger partial charge in [0.05, 0.1) is 0 Å². The summed E-state index contributed by atoms with van der Waals surface area (Å²) in [6.07, 6.45) is 7.32. The van der Waals surface area contributed by atoms with Crippen LogP contribution in [0.2, 0.25) is 0 Å². The van der Waals surface area contributed by atoms with Gasteiger partial charge in [0.25, 0.3) is 0 Å². The minimum Gasteiger partial charge on any atom is -0.356 e. The van der Waals surface area contributed by atoms with Crippen molar-refractivity contribution in [1.82, 2.24) is 10.6 Å². The van der Waals surface area contributed by atoms with Crippen molar-refractivity contribution in [2.24, 2.45) is 5.41 Å². The highest BCUT2D eigenvalue weighted by atomic mass is 16.1. The second kappa shape index (κ2) is 11.6. The first kappa shape index (κ1) is 23.1. The average Bonchev–Trinajstić information content (AvgIpc) is 2.44. The summed E-state index contributed by atoms with van der Waals surface area (Å²) in [5.74, 6) is 0.400. The van der Waals surface area contributed by atoms with Gasteiger partial charge >= 0.3 is 0 Å². The molecule has 0 aliphatic heterocycles. The summed E-state index contributed by atoms with van der Waals surface area (Å²) in [6, 6.07) is 0. The number of unbranched alkanes of at least 4 members (excludes halogenated alkanes) is 4. The van der Waals surface area contributed by atoms with E-state index in [1.54, 1.807) is 0 Å². The molecule has 0 aromatic heterocycles. The Bertz CT molecular complexity index is 365. The second-order valence-electron chi connectivity index (χ2n) is 8.82. The van der Waals surface area contributed by atoms with Gasteiger partial charge in [-0.05, 0) is 53.0 Å². The molecule has 0 bridgehead atoms. The summed E-state index contributed by atoms with van der Waals surface area (Å²) >= 11 is 0. The van der Waals surface area contributed by atoms with Gasteiger partial charge < -0.3 is 10.6 Å². The lowest BCUT2D eigenvalue weighted by molar-refractivity contribution is -0.126. The Hall–Kier alpha value is -0.900. The van der Waals surface area contributed by atoms with Gasteiger partial charge in [0, 0.05) is 30.3 Å². The second-order valence-corrected chi connectivity index (χ2v) is 8.82. The van der Waals surface area contributed by atoms with Crippen LogP contribution >= 0.6 is 0 Å². The van der Waals surface area contributed by atoms with E-state index >= 15 is 0 Å². The van der Waals surface area contributed by atoms with Gasteiger partial charge in [-0.25, -0.2) is 0 Å². The topological polar surface area (TPSA) is 58.2 Å². The smallest absolute Gasteiger partial charge is 0.219 e. The van der Waals surface area contributed by atoms with E-state index < -0.39 is 0 Å². The molecule has 2 N–H and O–H groups in total. The molecule has 0 rings (SSSR count). The molecule has 0 saturated carbocycles. The molecule has 0 radical (unpaired) electrons. The van der Waals surface area contributed by atoms with Crippen molar-refractivity contribution in [1.29, 1.82) is 0 Å². The van der Waals surface area contributed by atoms with Crippen molar-refractivity contribution < 1.29 is 9.59 Å². The first-order chi connectivity index (χ1) is 11.0. The minimum absolute atomic E-state index is 0.118. The molecule has 0 saturated heterocycles. The van der Waals surface area contributed by atoms with E-state index in [-0.39, 0.29) is 22.6 Å². The predicted octanol–water partition coefficient (Wildman–Crippen LogP) is 4.23. The van der Waals surface area contributed by atoms with Gasteiger partial charge in [0.1, 0.15) is 5.78 Å². The summed E-state index contributed by atoms with van der Waals surface area (Å²) in [5.41, 5.74) is -0.0594. The molecule has 0 heterocycles. The SMILES string of the molecule is CC(C)(C)NCCCCCCNC(=O)CCCCC(=O)C(C)(C)C. The molecule has 0 fully saturated rings. The quantitative estimate of drug-likeness (QED) is 0.523. The molecule has 142 valence electrons. The fourth-order valence-electron chi connectivity index (χ4n) is 2.33. The molecule has 0 aliphatic carbocycles. The van der Waals surface area contributed by atoms with Crippen LogP contribution in [0.4, 0.5) is 0 Å². The number of nitrogens with one attached hydrogen (secondary N) is 2. The van der Waals surface area contributed by atoms with E-state index in [4.69, 9.17) is 0 Å². The van der Waals surface area contributed by atoms with E-state index in [0.717, 1.165) is 38.8 Å². The Morgan fingerprint density at radius 2 is 1.25 bits per heavy atom. The Labute approximate surface area is 149 Å². The van der Waals surface area contributed by atoms with Crippen LogP contribution in [0, 0.1) is 5.41 Å². The zero-order chi connectivity index (χ0) is 18.6. The van der Waals surface area contributed by atoms with Crippen molar-refractivity contribution in [3.05, 3.63) is 0 Å². The lowest BCUT2D eigenvalue weighted by atomic mass is 9.88. The molecule has 4 heteroatoms. The highest BCUT2D eigenvalue weighted by Crippen LogP contribution is 2.18. The molecule has 0 atom stereocenters. The first-order valence-electron chi connectivity index (χ1n) is 9.57. The van der Waals surface area contributed by atoms with Crippen LogP contribution in [0.1, 0.15) is 92.9 Å². The van der Waals surface area contributed by atoms with E-state index in [1.165, 1.54) is 12.8 Å². The number of amides is 1. The maximum atomic E-state index is 11.8. The van der Waals surface area contributed by atoms with Crippen LogP contribution < -0.4 is 10.6 Å². The Balaban J connectivity index is 3.43. The van der Waals surface area contributed by atoms with Crippen LogP contribution in [0.15, 0.2) is 0 Å². The van der Waals surface area contributed by atoms with Crippen LogP contribution in [-0.2, 0) is 9.59 Å². The maximum Gasteiger partial charge on any atom is 0.219 e. The molecule has 0 unspecified atom stereocenters. The Kier molecular flexibility index (Phi) is 11.2. The van der Waals surface area contributed by atoms with Crippen molar-refractivity contribution in [2.45, 2.75) is 98.4 Å². The number of carbonyl (C=O) groups excluding carboxylic acids is 2. The molecule has 1 amide bonds. The maximum absolute atomic E-state index is 11.8. The largest absolute Gasteiger partial charge is 0.356 e. The van der Waals surface area contributed by atoms with Gasteiger partial charge in [0.15, 0.2) is 0 Å². The third-order valence-electron chi connectivity index (χ3n) is 3.98. The number of carbonyl (C=O) groups is 2. The van der Waals surface area contributed by atoms with E-state index in [1.807, 2.05) is 20.8 Å². The van der Waals surface area contributed by atoms with Crippen LogP contribution in [0.25, 0.3) is 0 Å². The molecular weight excluding hydrogens is 300 g/mol. The highest BCUT2D eigenvalue weighted by molar-refractivity contribution is 5.83. The molecule has 0 aromatic carbocycles. The van der Waals surface area contributed by atoms with E-state index in [0.29, 0.717) is 12.8 Å². The molecule has 0 aromatic rings. The van der Waals surface area contributed by atoms with Gasteiger partial charge in [-0.2, -0.15) is 0 Å². The van der Waals surface area contributed by atoms with E-state index in [9.17, 15) is 9.59 Å². The van der Waals surface area contributed by atoms with Gasteiger partial charge in [-0.15, -0.1) is 0 Å². The predicted molar refractivity (Wildman–Crippen MR) is 102 cm³/mol. The Morgan fingerprint density at radius 1 is 0.708 bits per heavy atom. The zero-order valence-electron chi connectivity index (χ0n) is 16.9. The standard InChI is InChI=1S/C20H40N2O2/c1-19(2,3)17(23)13-9-10-14-18(24)21-15-11-7-8-12-16-22-20(4,5)6/h22H,7-16H2,1-6H3,(H,21,24). The van der Waals surface area contributed by atoms with Crippen molar-refractivity contribution in [3.8, 4) is 0 Å². The molecule has 0 aliphatic rings. The fourth-order valence-corrected chi connectivity index (χ4v) is 2.33. The van der Waals surface area contributed by atoms with Crippen LogP contribution in [-0.4, -0.2) is 30.3 Å². The number of Topliss-reactive ketones (excluding diaryl/α,β-unsaturated/α-hetero) is 1. The number of hydrogen-bond acceptors (Lipinski definition) is 3. The lowest BCUT2D eigenvalue weighted by Crippen LogP contribution is -2.36. The lowest BCUT2D eigenvalue weighted by Gasteiger charge is -2.20. The van der Waals surface area contributed by atoms with E-state index in [2.05, 4.69) is 31.4 Å². The zero-order valence-corrected chi connectivity index (χ0v) is 16.9. The van der Waals surface area contributed by atoms with Crippen molar-refractivity contribution in [3.63, 3.8) is 0 Å². The third-order valence-corrected chi connectivity index (χ3v) is 3.98. The molecular formula is C20H40N2O2. The monoisotopic (exact) mass is 340 g/mol. The average molecular weight is 341 g/mol. The molecule has 0 spiro atoms. The van der Waals surface area contributed by atoms with Gasteiger partial charge in [0.2, 0.25) is 5.91 Å². The first-order valence-corrected chi connectivity index (χ1v) is 9.57. The molecule has 24 heavy (non-hydrogen) atoms. The van der Waals surface area contributed by atoms with Crippen LogP contribution in [0.5, 0.6) is 0 Å². The van der Waals surface area contributed by atoms with Crippen LogP contribution in [0.3, 0.4) is 0 Å². The summed E-state index contributed by atoms with van der Waals surface area (Å²) in [4.78, 5) is 23.5. The van der Waals surface area contributed by atoms with Crippen molar-refractivity contribution >= 4 is 11.7 Å². The number of ketones is 1. The van der Waals surface area contributed by atoms with Gasteiger partial charge in [-0.1, -0.05) is 33.6 Å². The Morgan fingerprint density at radius 3 is 1.79 bits per heavy atom. The molecule has 4 nitrogen and oxygen atoms in total. The fraction of sp³-hybridized carbons (Fsp3) is 0.900. The third kappa shape index (κ3) is 14.7. The number of rotatable bonds is 12. The number of hydrogen-bond donors (Lipinski definition) is 2. The van der Waals surface area contributed by atoms with Gasteiger partial charge in [-0.3, -0.25) is 9.59 Å². The van der Waals surface area contributed by atoms with Crippen molar-refractivity contribution in [2.75, 3.05) is 13.1 Å². The summed E-state index contributed by atoms with van der Waals surface area (Å²) < 4.78 is 0. The summed E-state index contributed by atoms with van der Waals surface area (Å²) in [6.45, 7) is 14.2.